The largest absolute Gasteiger partial charge is 0.480 e. The second-order valence-corrected chi connectivity index (χ2v) is 10.3. The molecule has 0 radical (unpaired) electrons. The zero-order chi connectivity index (χ0) is 27.3. The molecule has 0 bridgehead atoms. The number of fused-ring (bicyclic) bond motifs is 1. The number of benzene rings is 1. The monoisotopic (exact) mass is 513 g/mol. The molecule has 2 heterocycles. The fraction of sp³-hybridized carbons (Fsp3) is 0.556. The van der Waals surface area contributed by atoms with Crippen LogP contribution in [0.25, 0.3) is 10.9 Å². The number of amides is 3. The number of rotatable bonds is 11. The van der Waals surface area contributed by atoms with E-state index >= 15 is 0 Å². The molecular formula is C27H39N5O5. The minimum absolute atomic E-state index is 0.272. The molecule has 1 fully saturated rings. The molecule has 10 heteroatoms. The lowest BCUT2D eigenvalue weighted by atomic mass is 9.97. The Hall–Kier alpha value is -3.40. The maximum absolute atomic E-state index is 13.3. The summed E-state index contributed by atoms with van der Waals surface area (Å²) >= 11 is 0. The van der Waals surface area contributed by atoms with E-state index in [9.17, 15) is 24.3 Å². The van der Waals surface area contributed by atoms with Crippen LogP contribution in [0, 0.1) is 11.8 Å². The number of carboxylic acid groups (broad SMARTS) is 1. The van der Waals surface area contributed by atoms with Crippen LogP contribution >= 0.6 is 0 Å². The average molecular weight is 514 g/mol. The molecule has 0 saturated carbocycles. The van der Waals surface area contributed by atoms with Gasteiger partial charge in [-0.2, -0.15) is 0 Å². The summed E-state index contributed by atoms with van der Waals surface area (Å²) in [7, 11) is 0. The van der Waals surface area contributed by atoms with Crippen LogP contribution in [0.3, 0.4) is 0 Å². The van der Waals surface area contributed by atoms with Gasteiger partial charge >= 0.3 is 5.97 Å². The molecule has 202 valence electrons. The number of nitrogens with one attached hydrogen (secondary N) is 3. The second kappa shape index (κ2) is 12.2. The highest BCUT2D eigenvalue weighted by Gasteiger charge is 2.39. The van der Waals surface area contributed by atoms with Gasteiger partial charge in [0.25, 0.3) is 0 Å². The summed E-state index contributed by atoms with van der Waals surface area (Å²) in [5.41, 5.74) is 8.21. The van der Waals surface area contributed by atoms with E-state index in [-0.39, 0.29) is 17.7 Å². The number of carboxylic acids is 1. The van der Waals surface area contributed by atoms with Gasteiger partial charge in [-0.3, -0.25) is 14.4 Å². The molecule has 1 aliphatic rings. The number of aromatic nitrogens is 1. The van der Waals surface area contributed by atoms with E-state index in [0.717, 1.165) is 16.5 Å². The van der Waals surface area contributed by atoms with E-state index in [1.807, 2.05) is 37.4 Å². The van der Waals surface area contributed by atoms with Gasteiger partial charge in [0.15, 0.2) is 0 Å². The number of hydrogen-bond acceptors (Lipinski definition) is 5. The fourth-order valence-corrected chi connectivity index (χ4v) is 4.85. The van der Waals surface area contributed by atoms with Crippen LogP contribution in [0.4, 0.5) is 0 Å². The molecule has 5 unspecified atom stereocenters. The standard InChI is InChI=1S/C27H39N5O5/c1-5-16(4)23(27(36)37)31-25(34)22(15(2)3)30-24(33)21-11-8-12-32(21)26(35)19(28)13-17-14-29-20-10-7-6-9-18(17)20/h6-7,9-10,14-16,19,21-23,29H,5,8,11-13,28H2,1-4H3,(H,30,33)(H,31,34)(H,36,37). The number of carbonyl (C=O) groups is 4. The van der Waals surface area contributed by atoms with Crippen molar-refractivity contribution in [3.63, 3.8) is 0 Å². The minimum Gasteiger partial charge on any atom is -0.480 e. The lowest BCUT2D eigenvalue weighted by Crippen LogP contribution is -2.58. The number of carbonyl (C=O) groups excluding carboxylic acids is 3. The molecule has 6 N–H and O–H groups in total. The summed E-state index contributed by atoms with van der Waals surface area (Å²) < 4.78 is 0. The number of para-hydroxylation sites is 1. The Bertz CT molecular complexity index is 1130. The zero-order valence-corrected chi connectivity index (χ0v) is 22.0. The summed E-state index contributed by atoms with van der Waals surface area (Å²) in [6.45, 7) is 7.57. The van der Waals surface area contributed by atoms with Crippen molar-refractivity contribution in [2.24, 2.45) is 17.6 Å². The van der Waals surface area contributed by atoms with Crippen molar-refractivity contribution >= 4 is 34.6 Å². The first kappa shape index (κ1) is 28.2. The first-order chi connectivity index (χ1) is 17.5. The number of aliphatic carboxylic acids is 1. The summed E-state index contributed by atoms with van der Waals surface area (Å²) in [4.78, 5) is 55.9. The number of likely N-dealkylation sites (tertiary alicyclic amines) is 1. The van der Waals surface area contributed by atoms with E-state index < -0.39 is 42.0 Å². The summed E-state index contributed by atoms with van der Waals surface area (Å²) in [6, 6.07) is 4.24. The van der Waals surface area contributed by atoms with E-state index in [0.29, 0.717) is 32.2 Å². The Balaban J connectivity index is 1.67. The molecule has 3 rings (SSSR count). The number of nitrogens with two attached hydrogens (primary N) is 1. The van der Waals surface area contributed by atoms with Crippen LogP contribution in [0.15, 0.2) is 30.5 Å². The fourth-order valence-electron chi connectivity index (χ4n) is 4.85. The molecule has 10 nitrogen and oxygen atoms in total. The van der Waals surface area contributed by atoms with Crippen molar-refractivity contribution in [2.45, 2.75) is 77.5 Å². The number of H-pyrrole nitrogens is 1. The van der Waals surface area contributed by atoms with Crippen LogP contribution in [0.2, 0.25) is 0 Å². The van der Waals surface area contributed by atoms with Gasteiger partial charge in [0.1, 0.15) is 18.1 Å². The molecule has 1 saturated heterocycles. The predicted octanol–water partition coefficient (Wildman–Crippen LogP) is 1.79. The van der Waals surface area contributed by atoms with Gasteiger partial charge < -0.3 is 31.4 Å². The lowest BCUT2D eigenvalue weighted by molar-refractivity contribution is -0.144. The molecule has 37 heavy (non-hydrogen) atoms. The minimum atomic E-state index is -1.12. The van der Waals surface area contributed by atoms with Crippen molar-refractivity contribution in [3.8, 4) is 0 Å². The molecule has 1 aliphatic heterocycles. The first-order valence-corrected chi connectivity index (χ1v) is 13.0. The highest BCUT2D eigenvalue weighted by Crippen LogP contribution is 2.22. The maximum atomic E-state index is 13.3. The third kappa shape index (κ3) is 6.49. The highest BCUT2D eigenvalue weighted by atomic mass is 16.4. The first-order valence-electron chi connectivity index (χ1n) is 13.0. The van der Waals surface area contributed by atoms with Crippen molar-refractivity contribution in [2.75, 3.05) is 6.54 Å². The number of aromatic amines is 1. The molecule has 0 spiro atoms. The Morgan fingerprint density at radius 2 is 1.84 bits per heavy atom. The van der Waals surface area contributed by atoms with Crippen molar-refractivity contribution in [3.05, 3.63) is 36.0 Å². The zero-order valence-electron chi connectivity index (χ0n) is 22.0. The van der Waals surface area contributed by atoms with Crippen LogP contribution in [0.1, 0.15) is 52.5 Å². The lowest BCUT2D eigenvalue weighted by Gasteiger charge is -2.30. The molecule has 2 aromatic rings. The van der Waals surface area contributed by atoms with Gasteiger partial charge in [-0.25, -0.2) is 4.79 Å². The number of hydrogen-bond donors (Lipinski definition) is 5. The normalized spacial score (nSPS) is 18.9. The average Bonchev–Trinajstić information content (AvgIpc) is 3.52. The van der Waals surface area contributed by atoms with E-state index in [1.54, 1.807) is 20.8 Å². The van der Waals surface area contributed by atoms with E-state index in [1.165, 1.54) is 4.90 Å². The summed E-state index contributed by atoms with van der Waals surface area (Å²) in [5.74, 6) is -2.97. The number of nitrogens with zero attached hydrogens (tertiary/aromatic N) is 1. The van der Waals surface area contributed by atoms with Gasteiger partial charge in [-0.05, 0) is 42.7 Å². The molecule has 0 aliphatic carbocycles. The predicted molar refractivity (Wildman–Crippen MR) is 141 cm³/mol. The highest BCUT2D eigenvalue weighted by molar-refractivity contribution is 5.95. The topological polar surface area (TPSA) is 158 Å². The molecular weight excluding hydrogens is 474 g/mol. The van der Waals surface area contributed by atoms with Crippen LogP contribution in [-0.4, -0.2) is 69.4 Å². The third-order valence-electron chi connectivity index (χ3n) is 7.29. The van der Waals surface area contributed by atoms with Gasteiger partial charge in [0, 0.05) is 23.6 Å². The molecule has 1 aromatic heterocycles. The summed E-state index contributed by atoms with van der Waals surface area (Å²) in [5, 5.41) is 15.9. The van der Waals surface area contributed by atoms with Crippen molar-refractivity contribution in [1.82, 2.24) is 20.5 Å². The summed E-state index contributed by atoms with van der Waals surface area (Å²) in [6.07, 6.45) is 3.87. The second-order valence-electron chi connectivity index (χ2n) is 10.3. The Kier molecular flexibility index (Phi) is 9.31. The molecule has 3 amide bonds. The van der Waals surface area contributed by atoms with Crippen LogP contribution < -0.4 is 16.4 Å². The van der Waals surface area contributed by atoms with Gasteiger partial charge in [-0.1, -0.05) is 52.3 Å². The Labute approximate surface area is 217 Å². The Morgan fingerprint density at radius 3 is 2.49 bits per heavy atom. The smallest absolute Gasteiger partial charge is 0.326 e. The SMILES string of the molecule is CCC(C)C(NC(=O)C(NC(=O)C1CCCN1C(=O)C(N)Cc1c[nH]c2ccccc12)C(C)C)C(=O)O. The third-order valence-corrected chi connectivity index (χ3v) is 7.29. The van der Waals surface area contributed by atoms with Crippen molar-refractivity contribution < 1.29 is 24.3 Å². The van der Waals surface area contributed by atoms with Crippen LogP contribution in [-0.2, 0) is 25.6 Å². The van der Waals surface area contributed by atoms with Gasteiger partial charge in [-0.15, -0.1) is 0 Å². The van der Waals surface area contributed by atoms with E-state index in [2.05, 4.69) is 15.6 Å². The van der Waals surface area contributed by atoms with Crippen molar-refractivity contribution in [1.29, 1.82) is 0 Å². The maximum Gasteiger partial charge on any atom is 0.326 e. The molecule has 1 aromatic carbocycles. The quantitative estimate of drug-likeness (QED) is 0.308. The van der Waals surface area contributed by atoms with E-state index in [4.69, 9.17) is 5.73 Å². The van der Waals surface area contributed by atoms with Gasteiger partial charge in [0.2, 0.25) is 17.7 Å². The Morgan fingerprint density at radius 1 is 1.14 bits per heavy atom. The van der Waals surface area contributed by atoms with Gasteiger partial charge in [0.05, 0.1) is 6.04 Å². The molecule has 5 atom stereocenters. The van der Waals surface area contributed by atoms with Crippen LogP contribution in [0.5, 0.6) is 0 Å².